The van der Waals surface area contributed by atoms with Crippen molar-refractivity contribution in [2.45, 2.75) is 6.61 Å². The van der Waals surface area contributed by atoms with Gasteiger partial charge in [-0.25, -0.2) is 9.97 Å². The average molecular weight is 251 g/mol. The van der Waals surface area contributed by atoms with Gasteiger partial charge in [0, 0.05) is 13.2 Å². The Hall–Kier alpha value is -1.65. The van der Waals surface area contributed by atoms with Gasteiger partial charge in [0.1, 0.15) is 17.2 Å². The van der Waals surface area contributed by atoms with Crippen molar-refractivity contribution in [1.82, 2.24) is 9.97 Å². The highest BCUT2D eigenvalue weighted by Crippen LogP contribution is 2.21. The molecule has 1 heterocycles. The molecule has 1 aromatic heterocycles. The Morgan fingerprint density at radius 3 is 2.88 bits per heavy atom. The number of hydrogen-bond donors (Lipinski definition) is 0. The van der Waals surface area contributed by atoms with E-state index in [9.17, 15) is 0 Å². The Morgan fingerprint density at radius 1 is 1.24 bits per heavy atom. The van der Waals surface area contributed by atoms with Gasteiger partial charge < -0.3 is 9.47 Å². The first-order valence-electron chi connectivity index (χ1n) is 5.01. The number of halogens is 1. The third-order valence-electron chi connectivity index (χ3n) is 2.04. The molecule has 0 aliphatic rings. The Kier molecular flexibility index (Phi) is 3.90. The van der Waals surface area contributed by atoms with Gasteiger partial charge in [-0.05, 0) is 17.7 Å². The predicted molar refractivity (Wildman–Crippen MR) is 64.3 cm³/mol. The summed E-state index contributed by atoms with van der Waals surface area (Å²) in [5.41, 5.74) is 1.03. The summed E-state index contributed by atoms with van der Waals surface area (Å²) in [6.45, 7) is 0.543. The van der Waals surface area contributed by atoms with Gasteiger partial charge in [0.25, 0.3) is 0 Å². The Bertz CT molecular complexity index is 505. The molecule has 0 aliphatic heterocycles. The average Bonchev–Trinajstić information content (AvgIpc) is 2.30. The predicted octanol–water partition coefficient (Wildman–Crippen LogP) is 3.07. The number of nitrogens with zero attached hydrogens (tertiary/aromatic N) is 2. The van der Waals surface area contributed by atoms with Crippen molar-refractivity contribution in [3.8, 4) is 11.6 Å². The maximum absolute atomic E-state index is 5.74. The summed E-state index contributed by atoms with van der Waals surface area (Å²) >= 11 is 5.74. The lowest BCUT2D eigenvalue weighted by Gasteiger charge is -2.06. The quantitative estimate of drug-likeness (QED) is 0.783. The number of hydrogen-bond acceptors (Lipinski definition) is 4. The summed E-state index contributed by atoms with van der Waals surface area (Å²) in [4.78, 5) is 7.74. The van der Waals surface area contributed by atoms with Crippen LogP contribution in [0.25, 0.3) is 0 Å². The van der Waals surface area contributed by atoms with E-state index in [-0.39, 0.29) is 0 Å². The van der Waals surface area contributed by atoms with Gasteiger partial charge in [0.05, 0.1) is 6.61 Å². The topological polar surface area (TPSA) is 44.2 Å². The van der Waals surface area contributed by atoms with Crippen LogP contribution in [0, 0.1) is 0 Å². The van der Waals surface area contributed by atoms with Crippen LogP contribution in [0.5, 0.6) is 11.6 Å². The van der Waals surface area contributed by atoms with Crippen LogP contribution in [-0.2, 0) is 11.3 Å². The summed E-state index contributed by atoms with van der Waals surface area (Å²) in [7, 11) is 1.65. The van der Waals surface area contributed by atoms with Gasteiger partial charge in [0.2, 0.25) is 5.88 Å². The number of benzene rings is 1. The fraction of sp³-hybridized carbons (Fsp3) is 0.167. The molecule has 2 aromatic rings. The van der Waals surface area contributed by atoms with E-state index in [0.717, 1.165) is 5.56 Å². The van der Waals surface area contributed by atoms with Crippen molar-refractivity contribution in [1.29, 1.82) is 0 Å². The molecule has 88 valence electrons. The van der Waals surface area contributed by atoms with Gasteiger partial charge >= 0.3 is 0 Å². The molecule has 0 fully saturated rings. The molecule has 5 heteroatoms. The third kappa shape index (κ3) is 3.41. The third-order valence-corrected chi connectivity index (χ3v) is 2.25. The highest BCUT2D eigenvalue weighted by atomic mass is 35.5. The number of methoxy groups -OCH3 is 1. The first-order chi connectivity index (χ1) is 8.28. The van der Waals surface area contributed by atoms with E-state index in [0.29, 0.717) is 23.4 Å². The molecular formula is C12H11ClN2O2. The molecular weight excluding hydrogens is 240 g/mol. The van der Waals surface area contributed by atoms with Crippen LogP contribution in [0.15, 0.2) is 36.7 Å². The van der Waals surface area contributed by atoms with Crippen molar-refractivity contribution in [3.63, 3.8) is 0 Å². The zero-order valence-corrected chi connectivity index (χ0v) is 10.0. The maximum Gasteiger partial charge on any atom is 0.223 e. The minimum Gasteiger partial charge on any atom is -0.439 e. The van der Waals surface area contributed by atoms with Gasteiger partial charge in [-0.15, -0.1) is 0 Å². The number of aromatic nitrogens is 2. The molecule has 0 saturated heterocycles. The largest absolute Gasteiger partial charge is 0.439 e. The van der Waals surface area contributed by atoms with Crippen LogP contribution in [0.1, 0.15) is 5.56 Å². The highest BCUT2D eigenvalue weighted by molar-refractivity contribution is 6.29. The second kappa shape index (κ2) is 5.61. The van der Waals surface area contributed by atoms with Gasteiger partial charge in [-0.3, -0.25) is 0 Å². The van der Waals surface area contributed by atoms with Crippen LogP contribution < -0.4 is 4.74 Å². The van der Waals surface area contributed by atoms with Gasteiger partial charge in [0.15, 0.2) is 0 Å². The smallest absolute Gasteiger partial charge is 0.223 e. The van der Waals surface area contributed by atoms with Crippen molar-refractivity contribution in [3.05, 3.63) is 47.4 Å². The van der Waals surface area contributed by atoms with E-state index >= 15 is 0 Å². The molecule has 2 rings (SSSR count). The highest BCUT2D eigenvalue weighted by Gasteiger charge is 2.01. The molecule has 0 unspecified atom stereocenters. The first kappa shape index (κ1) is 11.8. The molecule has 0 spiro atoms. The minimum absolute atomic E-state index is 0.350. The molecule has 4 nitrogen and oxygen atoms in total. The first-order valence-corrected chi connectivity index (χ1v) is 5.39. The zero-order chi connectivity index (χ0) is 12.1. The molecule has 0 radical (unpaired) electrons. The van der Waals surface area contributed by atoms with Crippen LogP contribution in [0.4, 0.5) is 0 Å². The van der Waals surface area contributed by atoms with E-state index in [4.69, 9.17) is 21.1 Å². The van der Waals surface area contributed by atoms with E-state index in [1.54, 1.807) is 13.2 Å². The van der Waals surface area contributed by atoms with E-state index < -0.39 is 0 Å². The lowest BCUT2D eigenvalue weighted by atomic mass is 10.2. The van der Waals surface area contributed by atoms with Crippen molar-refractivity contribution in [2.75, 3.05) is 7.11 Å². The molecule has 0 bridgehead atoms. The van der Waals surface area contributed by atoms with E-state index in [2.05, 4.69) is 9.97 Å². The fourth-order valence-electron chi connectivity index (χ4n) is 1.36. The monoisotopic (exact) mass is 250 g/mol. The molecule has 1 aromatic carbocycles. The molecule has 0 aliphatic carbocycles. The van der Waals surface area contributed by atoms with E-state index in [1.807, 2.05) is 24.3 Å². The molecule has 17 heavy (non-hydrogen) atoms. The molecule has 0 atom stereocenters. The number of ether oxygens (including phenoxy) is 2. The Labute approximate surface area is 104 Å². The molecule has 0 saturated carbocycles. The lowest BCUT2D eigenvalue weighted by Crippen LogP contribution is -1.91. The van der Waals surface area contributed by atoms with Crippen molar-refractivity contribution in [2.24, 2.45) is 0 Å². The normalized spacial score (nSPS) is 10.2. The summed E-state index contributed by atoms with van der Waals surface area (Å²) < 4.78 is 10.6. The van der Waals surface area contributed by atoms with Crippen LogP contribution >= 0.6 is 11.6 Å². The van der Waals surface area contributed by atoms with Crippen LogP contribution in [0.3, 0.4) is 0 Å². The Balaban J connectivity index is 2.15. The molecule has 0 N–H and O–H groups in total. The van der Waals surface area contributed by atoms with Gasteiger partial charge in [-0.1, -0.05) is 23.7 Å². The maximum atomic E-state index is 5.74. The summed E-state index contributed by atoms with van der Waals surface area (Å²) in [6.07, 6.45) is 1.36. The fourth-order valence-corrected chi connectivity index (χ4v) is 1.50. The second-order valence-electron chi connectivity index (χ2n) is 3.36. The van der Waals surface area contributed by atoms with Crippen LogP contribution in [0.2, 0.25) is 5.15 Å². The SMILES string of the molecule is COCc1cccc(Oc2cc(Cl)ncn2)c1. The summed E-state index contributed by atoms with van der Waals surface area (Å²) in [5, 5.41) is 0.350. The van der Waals surface area contributed by atoms with Crippen molar-refractivity contribution < 1.29 is 9.47 Å². The second-order valence-corrected chi connectivity index (χ2v) is 3.75. The Morgan fingerprint density at radius 2 is 2.12 bits per heavy atom. The van der Waals surface area contributed by atoms with Crippen LogP contribution in [-0.4, -0.2) is 17.1 Å². The van der Waals surface area contributed by atoms with E-state index in [1.165, 1.54) is 6.33 Å². The van der Waals surface area contributed by atoms with Gasteiger partial charge in [-0.2, -0.15) is 0 Å². The lowest BCUT2D eigenvalue weighted by molar-refractivity contribution is 0.184. The standard InChI is InChI=1S/C12H11ClN2O2/c1-16-7-9-3-2-4-10(5-9)17-12-6-11(13)14-8-15-12/h2-6,8H,7H2,1H3. The minimum atomic E-state index is 0.350. The molecule has 0 amide bonds. The van der Waals surface area contributed by atoms with Crippen molar-refractivity contribution >= 4 is 11.6 Å². The number of rotatable bonds is 4. The summed E-state index contributed by atoms with van der Waals surface area (Å²) in [6, 6.07) is 9.15. The summed E-state index contributed by atoms with van der Waals surface area (Å²) in [5.74, 6) is 1.11. The zero-order valence-electron chi connectivity index (χ0n) is 9.26.